The van der Waals surface area contributed by atoms with Gasteiger partial charge < -0.3 is 21.4 Å². The van der Waals surface area contributed by atoms with Crippen molar-refractivity contribution in [3.05, 3.63) is 65.9 Å². The Morgan fingerprint density at radius 2 is 2.00 bits per heavy atom. The molecule has 1 fully saturated rings. The summed E-state index contributed by atoms with van der Waals surface area (Å²) in [7, 11) is 0. The van der Waals surface area contributed by atoms with Crippen LogP contribution in [0.15, 0.2) is 54.7 Å². The van der Waals surface area contributed by atoms with E-state index >= 15 is 0 Å². The Hall–Kier alpha value is -3.38. The zero-order valence-corrected chi connectivity index (χ0v) is 16.3. The van der Waals surface area contributed by atoms with Gasteiger partial charge in [-0.3, -0.25) is 9.59 Å². The van der Waals surface area contributed by atoms with Crippen LogP contribution in [-0.4, -0.2) is 29.4 Å². The molecule has 0 unspecified atom stereocenters. The second-order valence-electron chi connectivity index (χ2n) is 7.34. The number of nitrogens with one attached hydrogen (secondary N) is 3. The first-order valence-corrected chi connectivity index (χ1v) is 9.75. The fourth-order valence-electron chi connectivity index (χ4n) is 3.52. The van der Waals surface area contributed by atoms with Crippen molar-refractivity contribution in [1.82, 2.24) is 10.3 Å². The van der Waals surface area contributed by atoms with E-state index < -0.39 is 5.91 Å². The van der Waals surface area contributed by atoms with Crippen molar-refractivity contribution in [2.45, 2.75) is 25.8 Å². The zero-order valence-electron chi connectivity index (χ0n) is 16.3. The molecule has 1 aliphatic carbocycles. The molecule has 148 valence electrons. The van der Waals surface area contributed by atoms with E-state index in [1.807, 2.05) is 43.3 Å². The number of rotatable bonds is 7. The van der Waals surface area contributed by atoms with Crippen LogP contribution in [0.25, 0.3) is 22.0 Å². The molecule has 4 rings (SSSR count). The van der Waals surface area contributed by atoms with E-state index in [-0.39, 0.29) is 5.91 Å². The number of amides is 2. The third-order valence-electron chi connectivity index (χ3n) is 5.24. The van der Waals surface area contributed by atoms with Crippen molar-refractivity contribution >= 4 is 28.4 Å². The van der Waals surface area contributed by atoms with Gasteiger partial charge in [-0.2, -0.15) is 0 Å². The number of nitrogens with two attached hydrogens (primary N) is 1. The highest BCUT2D eigenvalue weighted by Crippen LogP contribution is 2.34. The van der Waals surface area contributed by atoms with Gasteiger partial charge in [-0.15, -0.1) is 0 Å². The summed E-state index contributed by atoms with van der Waals surface area (Å²) in [6.45, 7) is 2.68. The summed E-state index contributed by atoms with van der Waals surface area (Å²) >= 11 is 0. The summed E-state index contributed by atoms with van der Waals surface area (Å²) in [4.78, 5) is 27.1. The average Bonchev–Trinajstić information content (AvgIpc) is 3.39. The first-order chi connectivity index (χ1) is 14.0. The molecule has 0 aliphatic heterocycles. The molecule has 0 spiro atoms. The van der Waals surface area contributed by atoms with E-state index in [2.05, 4.69) is 15.6 Å². The molecule has 0 saturated heterocycles. The predicted octanol–water partition coefficient (Wildman–Crippen LogP) is 3.49. The summed E-state index contributed by atoms with van der Waals surface area (Å²) in [5.41, 5.74) is 10.3. The monoisotopic (exact) mass is 388 g/mol. The molecule has 2 aromatic carbocycles. The largest absolute Gasteiger partial charge is 0.366 e. The SMILES string of the molecule is Cc1c(NC(=O)C=CCNC2CC2)cccc1-c1ccc(C(N)=O)c2[nH]ccc12. The Morgan fingerprint density at radius 1 is 1.17 bits per heavy atom. The van der Waals surface area contributed by atoms with E-state index in [9.17, 15) is 9.59 Å². The van der Waals surface area contributed by atoms with Crippen LogP contribution in [-0.2, 0) is 4.79 Å². The third kappa shape index (κ3) is 4.07. The average molecular weight is 388 g/mol. The summed E-state index contributed by atoms with van der Waals surface area (Å²) in [5, 5.41) is 7.22. The summed E-state index contributed by atoms with van der Waals surface area (Å²) in [6.07, 6.45) is 7.65. The predicted molar refractivity (Wildman–Crippen MR) is 116 cm³/mol. The number of hydrogen-bond acceptors (Lipinski definition) is 3. The fraction of sp³-hybridized carbons (Fsp3) is 0.217. The molecule has 3 aromatic rings. The minimum atomic E-state index is -0.468. The van der Waals surface area contributed by atoms with Gasteiger partial charge in [0.25, 0.3) is 5.91 Å². The van der Waals surface area contributed by atoms with Crippen LogP contribution < -0.4 is 16.4 Å². The Balaban J connectivity index is 1.59. The molecule has 6 nitrogen and oxygen atoms in total. The molecule has 6 heteroatoms. The Bertz CT molecular complexity index is 1110. The van der Waals surface area contributed by atoms with E-state index in [1.54, 1.807) is 18.3 Å². The smallest absolute Gasteiger partial charge is 0.250 e. The number of hydrogen-bond donors (Lipinski definition) is 4. The molecule has 29 heavy (non-hydrogen) atoms. The van der Waals surface area contributed by atoms with Gasteiger partial charge in [-0.1, -0.05) is 24.3 Å². The van der Waals surface area contributed by atoms with Gasteiger partial charge in [-0.25, -0.2) is 0 Å². The van der Waals surface area contributed by atoms with Crippen molar-refractivity contribution in [3.63, 3.8) is 0 Å². The number of aromatic nitrogens is 1. The quantitative estimate of drug-likeness (QED) is 0.466. The van der Waals surface area contributed by atoms with Crippen LogP contribution in [0.1, 0.15) is 28.8 Å². The maximum absolute atomic E-state index is 12.3. The van der Waals surface area contributed by atoms with Crippen molar-refractivity contribution in [3.8, 4) is 11.1 Å². The highest BCUT2D eigenvalue weighted by molar-refractivity contribution is 6.09. The molecule has 0 bridgehead atoms. The third-order valence-corrected chi connectivity index (χ3v) is 5.24. The minimum absolute atomic E-state index is 0.154. The Morgan fingerprint density at radius 3 is 2.76 bits per heavy atom. The van der Waals surface area contributed by atoms with Gasteiger partial charge in [0.1, 0.15) is 0 Å². The Labute approximate surface area is 169 Å². The van der Waals surface area contributed by atoms with E-state index in [0.717, 1.165) is 33.3 Å². The molecular formula is C23H24N4O2. The van der Waals surface area contributed by atoms with E-state index in [0.29, 0.717) is 18.2 Å². The first kappa shape index (κ1) is 19.0. The van der Waals surface area contributed by atoms with Gasteiger partial charge in [-0.05, 0) is 54.7 Å². The molecule has 5 N–H and O–H groups in total. The second kappa shape index (κ2) is 7.93. The second-order valence-corrected chi connectivity index (χ2v) is 7.34. The van der Waals surface area contributed by atoms with Crippen LogP contribution in [0, 0.1) is 6.92 Å². The van der Waals surface area contributed by atoms with Gasteiger partial charge in [0.05, 0.1) is 11.1 Å². The lowest BCUT2D eigenvalue weighted by Crippen LogP contribution is -2.16. The molecule has 1 heterocycles. The molecule has 2 amide bonds. The number of aromatic amines is 1. The van der Waals surface area contributed by atoms with Crippen LogP contribution >= 0.6 is 0 Å². The molecule has 1 aromatic heterocycles. The summed E-state index contributed by atoms with van der Waals surface area (Å²) in [6, 6.07) is 12.0. The van der Waals surface area contributed by atoms with Gasteiger partial charge in [0, 0.05) is 35.9 Å². The topological polar surface area (TPSA) is 100 Å². The number of H-pyrrole nitrogens is 1. The van der Waals surface area contributed by atoms with Gasteiger partial charge >= 0.3 is 0 Å². The number of primary amides is 1. The van der Waals surface area contributed by atoms with E-state index in [1.165, 1.54) is 12.8 Å². The normalized spacial score (nSPS) is 13.8. The number of carbonyl (C=O) groups excluding carboxylic acids is 2. The standard InChI is InChI=1S/C23H24N4O2/c1-14-16(17-9-10-19(23(24)29)22-18(17)11-13-26-22)4-2-5-20(14)27-21(28)6-3-12-25-15-7-8-15/h2-6,9-11,13,15,25-26H,7-8,12H2,1H3,(H2,24,29)(H,27,28). The van der Waals surface area contributed by atoms with Gasteiger partial charge in [0.15, 0.2) is 0 Å². The maximum atomic E-state index is 12.3. The lowest BCUT2D eigenvalue weighted by Gasteiger charge is -2.13. The summed E-state index contributed by atoms with van der Waals surface area (Å²) in [5.74, 6) is -0.622. The molecule has 0 radical (unpaired) electrons. The van der Waals surface area contributed by atoms with Crippen LogP contribution in [0.2, 0.25) is 0 Å². The first-order valence-electron chi connectivity index (χ1n) is 9.75. The van der Waals surface area contributed by atoms with Crippen LogP contribution in [0.5, 0.6) is 0 Å². The maximum Gasteiger partial charge on any atom is 0.250 e. The zero-order chi connectivity index (χ0) is 20.4. The van der Waals surface area contributed by atoms with Crippen LogP contribution in [0.4, 0.5) is 5.69 Å². The highest BCUT2D eigenvalue weighted by atomic mass is 16.1. The minimum Gasteiger partial charge on any atom is -0.366 e. The number of carbonyl (C=O) groups is 2. The Kier molecular flexibility index (Phi) is 5.18. The molecule has 0 atom stereocenters. The molecule has 1 saturated carbocycles. The lowest BCUT2D eigenvalue weighted by molar-refractivity contribution is -0.111. The van der Waals surface area contributed by atoms with Crippen molar-refractivity contribution < 1.29 is 9.59 Å². The molecular weight excluding hydrogens is 364 g/mol. The summed E-state index contributed by atoms with van der Waals surface area (Å²) < 4.78 is 0. The fourth-order valence-corrected chi connectivity index (χ4v) is 3.52. The number of benzene rings is 2. The van der Waals surface area contributed by atoms with Crippen LogP contribution in [0.3, 0.4) is 0 Å². The number of anilines is 1. The van der Waals surface area contributed by atoms with Crippen molar-refractivity contribution in [2.24, 2.45) is 5.73 Å². The van der Waals surface area contributed by atoms with Gasteiger partial charge in [0.2, 0.25) is 5.91 Å². The molecule has 1 aliphatic rings. The lowest BCUT2D eigenvalue weighted by atomic mass is 9.94. The van der Waals surface area contributed by atoms with Crippen molar-refractivity contribution in [2.75, 3.05) is 11.9 Å². The van der Waals surface area contributed by atoms with E-state index in [4.69, 9.17) is 5.73 Å². The number of fused-ring (bicyclic) bond motifs is 1. The highest BCUT2D eigenvalue weighted by Gasteiger charge is 2.19. The van der Waals surface area contributed by atoms with Crippen molar-refractivity contribution in [1.29, 1.82) is 0 Å².